The average Bonchev–Trinajstić information content (AvgIpc) is 2.06. The number of rotatable bonds is 2. The van der Waals surface area contributed by atoms with Crippen molar-refractivity contribution >= 4 is 6.47 Å². The maximum absolute atomic E-state index is 8.36. The molecule has 0 fully saturated rings. The Hall–Kier alpha value is -1.13. The van der Waals surface area contributed by atoms with Crippen LogP contribution >= 0.6 is 0 Å². The Bertz CT molecular complexity index is 72.5. The zero-order valence-corrected chi connectivity index (χ0v) is 6.31. The topological polar surface area (TPSA) is 77.8 Å². The largest absolute Gasteiger partial charge is 0.483 e. The van der Waals surface area contributed by atoms with Gasteiger partial charge in [0.1, 0.15) is 0 Å². The predicted molar refractivity (Wildman–Crippen MR) is 43.3 cm³/mol. The third-order valence-corrected chi connectivity index (χ3v) is 0.267. The molecule has 0 aliphatic heterocycles. The Kier molecular flexibility index (Phi) is 54.9. The molecule has 0 saturated carbocycles. The molecule has 4 heteroatoms. The molecular weight excluding hydrogens is 148 g/mol. The molecule has 0 saturated heterocycles. The highest BCUT2D eigenvalue weighted by Gasteiger charge is 1.58. The maximum Gasteiger partial charge on any atom is 0.290 e. The smallest absolute Gasteiger partial charge is 0.290 e. The predicted octanol–water partition coefficient (Wildman–Crippen LogP) is 0.0302. The first kappa shape index (κ1) is 16.5. The highest BCUT2D eigenvalue weighted by Crippen LogP contribution is 1.52. The first-order valence-corrected chi connectivity index (χ1v) is 2.78. The van der Waals surface area contributed by atoms with Crippen LogP contribution < -0.4 is 0 Å². The lowest BCUT2D eigenvalue weighted by Gasteiger charge is -1.70. The molecule has 0 atom stereocenters. The van der Waals surface area contributed by atoms with Crippen molar-refractivity contribution in [2.75, 3.05) is 13.2 Å². The molecule has 66 valence electrons. The van der Waals surface area contributed by atoms with Crippen LogP contribution in [0.1, 0.15) is 0 Å². The highest BCUT2D eigenvalue weighted by molar-refractivity contribution is 5.32. The van der Waals surface area contributed by atoms with E-state index in [4.69, 9.17) is 20.1 Å². The normalized spacial score (nSPS) is 5.64. The fourth-order valence-corrected chi connectivity index (χ4v) is 0. The van der Waals surface area contributed by atoms with E-state index in [0.29, 0.717) is 0 Å². The first-order chi connectivity index (χ1) is 5.24. The SMILES string of the molecule is C=CC=C.O=CO.OCCO. The van der Waals surface area contributed by atoms with E-state index in [9.17, 15) is 0 Å². The number of aliphatic hydroxyl groups excluding tert-OH is 2. The lowest BCUT2D eigenvalue weighted by atomic mass is 10.6. The van der Waals surface area contributed by atoms with Gasteiger partial charge < -0.3 is 15.3 Å². The van der Waals surface area contributed by atoms with Gasteiger partial charge >= 0.3 is 0 Å². The molecule has 0 heterocycles. The first-order valence-electron chi connectivity index (χ1n) is 2.78. The van der Waals surface area contributed by atoms with Gasteiger partial charge in [-0.15, -0.1) is 0 Å². The Morgan fingerprint density at radius 2 is 1.27 bits per heavy atom. The molecule has 4 nitrogen and oxygen atoms in total. The minimum atomic E-state index is -0.250. The van der Waals surface area contributed by atoms with Crippen molar-refractivity contribution in [2.24, 2.45) is 0 Å². The van der Waals surface area contributed by atoms with Crippen molar-refractivity contribution in [2.45, 2.75) is 0 Å². The van der Waals surface area contributed by atoms with Crippen molar-refractivity contribution in [3.63, 3.8) is 0 Å². The van der Waals surface area contributed by atoms with Gasteiger partial charge in [0.2, 0.25) is 0 Å². The van der Waals surface area contributed by atoms with Crippen LogP contribution in [-0.4, -0.2) is 35.0 Å². The van der Waals surface area contributed by atoms with Crippen molar-refractivity contribution in [1.29, 1.82) is 0 Å². The van der Waals surface area contributed by atoms with Crippen LogP contribution in [0.25, 0.3) is 0 Å². The summed E-state index contributed by atoms with van der Waals surface area (Å²) in [6.07, 6.45) is 3.28. The second kappa shape index (κ2) is 36.7. The van der Waals surface area contributed by atoms with E-state index < -0.39 is 0 Å². The molecule has 0 unspecified atom stereocenters. The molecule has 3 N–H and O–H groups in total. The van der Waals surface area contributed by atoms with Crippen LogP contribution in [0.5, 0.6) is 0 Å². The van der Waals surface area contributed by atoms with Crippen molar-refractivity contribution in [3.8, 4) is 0 Å². The van der Waals surface area contributed by atoms with Crippen LogP contribution in [0.3, 0.4) is 0 Å². The van der Waals surface area contributed by atoms with Gasteiger partial charge in [0, 0.05) is 0 Å². The molecule has 0 amide bonds. The number of aliphatic hydroxyl groups is 2. The number of hydrogen-bond donors (Lipinski definition) is 3. The van der Waals surface area contributed by atoms with Gasteiger partial charge in [-0.05, 0) is 0 Å². The third-order valence-electron chi connectivity index (χ3n) is 0.267. The molecule has 0 aromatic carbocycles. The number of allylic oxidation sites excluding steroid dienone is 2. The lowest BCUT2D eigenvalue weighted by Crippen LogP contribution is -1.85. The minimum absolute atomic E-state index is 0.125. The molecule has 0 aromatic rings. The standard InChI is InChI=1S/C4H6.C2H6O2.CH2O2/c1-3-4-2;3-1-2-4;2-1-3/h2*3-4H,1-2H2;1H,(H,2,3). The molecule has 0 aromatic heterocycles. The molecule has 0 bridgehead atoms. The second-order valence-corrected chi connectivity index (χ2v) is 1.02. The van der Waals surface area contributed by atoms with Crippen LogP contribution in [0.2, 0.25) is 0 Å². The van der Waals surface area contributed by atoms with E-state index in [0.717, 1.165) is 0 Å². The molecular formula is C7H14O4. The Labute approximate surface area is 66.1 Å². The summed E-state index contributed by atoms with van der Waals surface area (Å²) in [7, 11) is 0. The van der Waals surface area contributed by atoms with E-state index in [-0.39, 0.29) is 19.7 Å². The van der Waals surface area contributed by atoms with Crippen LogP contribution in [0.15, 0.2) is 25.3 Å². The Morgan fingerprint density at radius 1 is 1.09 bits per heavy atom. The van der Waals surface area contributed by atoms with Crippen molar-refractivity contribution < 1.29 is 20.1 Å². The monoisotopic (exact) mass is 162 g/mol. The van der Waals surface area contributed by atoms with Gasteiger partial charge in [-0.1, -0.05) is 25.3 Å². The van der Waals surface area contributed by atoms with Crippen molar-refractivity contribution in [1.82, 2.24) is 0 Å². The van der Waals surface area contributed by atoms with E-state index in [1.165, 1.54) is 0 Å². The number of carbonyl (C=O) groups is 1. The Balaban J connectivity index is -0.0000000886. The van der Waals surface area contributed by atoms with Gasteiger partial charge in [-0.25, -0.2) is 0 Å². The fourth-order valence-electron chi connectivity index (χ4n) is 0. The van der Waals surface area contributed by atoms with Crippen LogP contribution in [-0.2, 0) is 4.79 Å². The van der Waals surface area contributed by atoms with Gasteiger partial charge in [0.25, 0.3) is 6.47 Å². The van der Waals surface area contributed by atoms with E-state index in [1.54, 1.807) is 12.2 Å². The van der Waals surface area contributed by atoms with Crippen LogP contribution in [0, 0.1) is 0 Å². The summed E-state index contributed by atoms with van der Waals surface area (Å²) in [5, 5.41) is 22.1. The average molecular weight is 162 g/mol. The lowest BCUT2D eigenvalue weighted by molar-refractivity contribution is -0.122. The molecule has 0 aliphatic carbocycles. The number of hydrogen-bond acceptors (Lipinski definition) is 3. The molecule has 0 spiro atoms. The maximum atomic E-state index is 8.36. The molecule has 0 rings (SSSR count). The number of carboxylic acid groups (broad SMARTS) is 1. The summed E-state index contributed by atoms with van der Waals surface area (Å²) in [5.41, 5.74) is 0. The summed E-state index contributed by atoms with van der Waals surface area (Å²) in [5.74, 6) is 0. The molecule has 0 aliphatic rings. The Morgan fingerprint density at radius 3 is 1.27 bits per heavy atom. The van der Waals surface area contributed by atoms with Gasteiger partial charge in [0.05, 0.1) is 13.2 Å². The molecule has 0 radical (unpaired) electrons. The summed E-state index contributed by atoms with van der Waals surface area (Å²) >= 11 is 0. The third kappa shape index (κ3) is 553. The fraction of sp³-hybridized carbons (Fsp3) is 0.286. The van der Waals surface area contributed by atoms with Gasteiger partial charge in [-0.2, -0.15) is 0 Å². The zero-order valence-electron chi connectivity index (χ0n) is 6.31. The van der Waals surface area contributed by atoms with Gasteiger partial charge in [-0.3, -0.25) is 4.79 Å². The van der Waals surface area contributed by atoms with E-state index >= 15 is 0 Å². The van der Waals surface area contributed by atoms with E-state index in [2.05, 4.69) is 13.2 Å². The van der Waals surface area contributed by atoms with Crippen molar-refractivity contribution in [3.05, 3.63) is 25.3 Å². The minimum Gasteiger partial charge on any atom is -0.483 e. The summed E-state index contributed by atoms with van der Waals surface area (Å²) in [6, 6.07) is 0. The summed E-state index contributed by atoms with van der Waals surface area (Å²) < 4.78 is 0. The molecule has 11 heavy (non-hydrogen) atoms. The second-order valence-electron chi connectivity index (χ2n) is 1.02. The summed E-state index contributed by atoms with van der Waals surface area (Å²) in [6.45, 7) is 6.22. The quantitative estimate of drug-likeness (QED) is 0.395. The van der Waals surface area contributed by atoms with Crippen LogP contribution in [0.4, 0.5) is 0 Å². The highest BCUT2D eigenvalue weighted by atomic mass is 16.3. The van der Waals surface area contributed by atoms with Gasteiger partial charge in [0.15, 0.2) is 0 Å². The van der Waals surface area contributed by atoms with E-state index in [1.807, 2.05) is 0 Å². The zero-order chi connectivity index (χ0) is 9.54. The summed E-state index contributed by atoms with van der Waals surface area (Å²) in [4.78, 5) is 8.36.